The van der Waals surface area contributed by atoms with Crippen LogP contribution in [0.15, 0.2) is 16.9 Å². The van der Waals surface area contributed by atoms with Gasteiger partial charge in [-0.05, 0) is 23.9 Å². The average Bonchev–Trinajstić information content (AvgIpc) is 2.70. The van der Waals surface area contributed by atoms with Crippen molar-refractivity contribution < 1.29 is 9.53 Å². The van der Waals surface area contributed by atoms with Crippen molar-refractivity contribution in [1.82, 2.24) is 0 Å². The van der Waals surface area contributed by atoms with Gasteiger partial charge in [0.2, 0.25) is 0 Å². The number of ether oxygens (including phenoxy) is 1. The van der Waals surface area contributed by atoms with Crippen LogP contribution in [0.25, 0.3) is 16.5 Å². The van der Waals surface area contributed by atoms with Crippen LogP contribution in [0.4, 0.5) is 0 Å². The number of esters is 1. The minimum atomic E-state index is -0.635. The van der Waals surface area contributed by atoms with Crippen molar-refractivity contribution in [2.45, 2.75) is 6.92 Å². The average molecular weight is 221 g/mol. The molecule has 0 unspecified atom stereocenters. The van der Waals surface area contributed by atoms with E-state index < -0.39 is 5.97 Å². The number of rotatable bonds is 4. The molecule has 0 atom stereocenters. The molecule has 0 saturated heterocycles. The van der Waals surface area contributed by atoms with Crippen LogP contribution >= 0.6 is 11.3 Å². The summed E-state index contributed by atoms with van der Waals surface area (Å²) in [5.74, 6) is -0.635. The van der Waals surface area contributed by atoms with Gasteiger partial charge in [0.15, 0.2) is 0 Å². The number of carbonyl (C=O) groups is 1. The summed E-state index contributed by atoms with van der Waals surface area (Å²) in [6.45, 7) is 1.91. The highest BCUT2D eigenvalue weighted by molar-refractivity contribution is 7.09. The van der Waals surface area contributed by atoms with Crippen molar-refractivity contribution in [2.75, 3.05) is 6.61 Å². The fourth-order valence-corrected chi connectivity index (χ4v) is 1.33. The van der Waals surface area contributed by atoms with Gasteiger partial charge in [0.05, 0.1) is 6.61 Å². The summed E-state index contributed by atoms with van der Waals surface area (Å²) in [5, 5.41) is 6.00. The third kappa shape index (κ3) is 3.35. The van der Waals surface area contributed by atoms with E-state index in [0.717, 1.165) is 4.88 Å². The highest BCUT2D eigenvalue weighted by Crippen LogP contribution is 2.12. The Balaban J connectivity index is 2.92. The van der Waals surface area contributed by atoms with Gasteiger partial charge in [-0.2, -0.15) is 0 Å². The molecule has 0 aliphatic rings. The fraction of sp³-hybridized carbons (Fsp3) is 0.222. The van der Waals surface area contributed by atoms with E-state index in [0.29, 0.717) is 0 Å². The normalized spacial score (nSPS) is 10.1. The maximum Gasteiger partial charge on any atom is 0.340 e. The summed E-state index contributed by atoms with van der Waals surface area (Å²) in [7, 11) is 0. The SMILES string of the molecule is CCOC(=O)/C(=C/c1cc#cs1)N=[N+]=[N-]. The second kappa shape index (κ2) is 5.70. The zero-order chi connectivity index (χ0) is 11.1. The maximum atomic E-state index is 11.3. The van der Waals surface area contributed by atoms with Gasteiger partial charge < -0.3 is 4.74 Å². The molecule has 0 aliphatic carbocycles. The predicted molar refractivity (Wildman–Crippen MR) is 55.7 cm³/mol. The van der Waals surface area contributed by atoms with E-state index in [2.05, 4.69) is 21.5 Å². The Hall–Kier alpha value is -1.96. The molecule has 1 rings (SSSR count). The van der Waals surface area contributed by atoms with Crippen molar-refractivity contribution in [2.24, 2.45) is 5.11 Å². The van der Waals surface area contributed by atoms with Gasteiger partial charge >= 0.3 is 5.97 Å². The highest BCUT2D eigenvalue weighted by atomic mass is 32.1. The van der Waals surface area contributed by atoms with Crippen molar-refractivity contribution in [3.63, 3.8) is 0 Å². The first kappa shape index (κ1) is 11.1. The molecule has 0 saturated carbocycles. The Labute approximate surface area is 90.6 Å². The van der Waals surface area contributed by atoms with Gasteiger partial charge in [-0.3, -0.25) is 0 Å². The van der Waals surface area contributed by atoms with Crippen LogP contribution in [0.5, 0.6) is 0 Å². The smallest absolute Gasteiger partial charge is 0.340 e. The van der Waals surface area contributed by atoms with Crippen LogP contribution < -0.4 is 0 Å². The zero-order valence-electron chi connectivity index (χ0n) is 7.93. The van der Waals surface area contributed by atoms with E-state index in [9.17, 15) is 4.79 Å². The third-order valence-corrected chi connectivity index (χ3v) is 2.05. The standard InChI is InChI=1S/C9H7N3O2S/c1-2-14-9(13)8(11-12-10)6-7-4-3-5-15-7/h4,6H,2H2,1H3/b8-6-. The van der Waals surface area contributed by atoms with Crippen LogP contribution in [-0.4, -0.2) is 12.6 Å². The Morgan fingerprint density at radius 2 is 2.67 bits per heavy atom. The van der Waals surface area contributed by atoms with Gasteiger partial charge in [0.25, 0.3) is 0 Å². The van der Waals surface area contributed by atoms with Gasteiger partial charge in [-0.1, -0.05) is 22.5 Å². The summed E-state index contributed by atoms with van der Waals surface area (Å²) >= 11 is 1.26. The monoisotopic (exact) mass is 221 g/mol. The predicted octanol–water partition coefficient (Wildman–Crippen LogP) is 2.56. The molecule has 0 radical (unpaired) electrons. The lowest BCUT2D eigenvalue weighted by atomic mass is 10.3. The second-order valence-electron chi connectivity index (χ2n) is 2.33. The number of hydrogen-bond acceptors (Lipinski definition) is 4. The van der Waals surface area contributed by atoms with Crippen molar-refractivity contribution in [1.29, 1.82) is 0 Å². The van der Waals surface area contributed by atoms with Gasteiger partial charge in [0.1, 0.15) is 5.70 Å². The number of azide groups is 1. The number of hydrogen-bond donors (Lipinski definition) is 0. The molecule has 0 bridgehead atoms. The lowest BCUT2D eigenvalue weighted by molar-refractivity contribution is -0.138. The molecule has 5 nitrogen and oxygen atoms in total. The minimum absolute atomic E-state index is 0.0661. The van der Waals surface area contributed by atoms with E-state index >= 15 is 0 Å². The molecule has 0 fully saturated rings. The third-order valence-electron chi connectivity index (χ3n) is 1.36. The first-order chi connectivity index (χ1) is 7.27. The lowest BCUT2D eigenvalue weighted by Crippen LogP contribution is -2.05. The van der Waals surface area contributed by atoms with E-state index in [1.807, 2.05) is 0 Å². The first-order valence-corrected chi connectivity index (χ1v) is 4.91. The minimum Gasteiger partial charge on any atom is -0.462 e. The molecule has 76 valence electrons. The molecule has 15 heavy (non-hydrogen) atoms. The Kier molecular flexibility index (Phi) is 4.23. The van der Waals surface area contributed by atoms with E-state index in [4.69, 9.17) is 10.3 Å². The molecular weight excluding hydrogens is 214 g/mol. The fourth-order valence-electron chi connectivity index (χ4n) is 0.806. The summed E-state index contributed by atoms with van der Waals surface area (Å²) in [6, 6.07) is 4.35. The van der Waals surface area contributed by atoms with Crippen molar-refractivity contribution >= 4 is 23.4 Å². The van der Waals surface area contributed by atoms with E-state index in [1.165, 1.54) is 17.4 Å². The number of carbonyl (C=O) groups excluding carboxylic acids is 1. The molecule has 1 heterocycles. The molecule has 0 spiro atoms. The largest absolute Gasteiger partial charge is 0.462 e. The Morgan fingerprint density at radius 3 is 3.20 bits per heavy atom. The molecule has 0 amide bonds. The molecule has 0 N–H and O–H groups in total. The summed E-state index contributed by atoms with van der Waals surface area (Å²) in [6.07, 6.45) is 1.44. The maximum absolute atomic E-state index is 11.3. The van der Waals surface area contributed by atoms with Gasteiger partial charge in [-0.15, -0.1) is 0 Å². The summed E-state index contributed by atoms with van der Waals surface area (Å²) in [5.41, 5.74) is 8.21. The summed E-state index contributed by atoms with van der Waals surface area (Å²) in [4.78, 5) is 14.6. The molecule has 6 heteroatoms. The van der Waals surface area contributed by atoms with Crippen LogP contribution in [0.2, 0.25) is 0 Å². The zero-order valence-corrected chi connectivity index (χ0v) is 8.74. The van der Waals surface area contributed by atoms with Crippen LogP contribution in [0.3, 0.4) is 0 Å². The second-order valence-corrected chi connectivity index (χ2v) is 3.21. The molecule has 0 aliphatic heterocycles. The Bertz CT molecular complexity index is 405. The molecule has 1 aromatic rings. The lowest BCUT2D eigenvalue weighted by Gasteiger charge is -1.99. The van der Waals surface area contributed by atoms with Crippen molar-refractivity contribution in [3.05, 3.63) is 38.5 Å². The van der Waals surface area contributed by atoms with Gasteiger partial charge in [0, 0.05) is 15.9 Å². The first-order valence-electron chi connectivity index (χ1n) is 4.09. The van der Waals surface area contributed by atoms with Crippen LogP contribution in [0, 0.1) is 11.4 Å². The molecule has 1 aromatic heterocycles. The van der Waals surface area contributed by atoms with E-state index in [-0.39, 0.29) is 12.3 Å². The van der Waals surface area contributed by atoms with Gasteiger partial charge in [-0.25, -0.2) is 4.79 Å². The molecular formula is C9H7N3O2S. The van der Waals surface area contributed by atoms with Crippen LogP contribution in [0.1, 0.15) is 11.8 Å². The quantitative estimate of drug-likeness (QED) is 0.257. The summed E-state index contributed by atoms with van der Waals surface area (Å²) < 4.78 is 4.72. The Morgan fingerprint density at radius 1 is 1.87 bits per heavy atom. The molecule has 0 aromatic carbocycles. The topological polar surface area (TPSA) is 75.1 Å². The highest BCUT2D eigenvalue weighted by Gasteiger charge is 2.08. The van der Waals surface area contributed by atoms with Crippen molar-refractivity contribution in [3.8, 4) is 0 Å². The van der Waals surface area contributed by atoms with E-state index in [1.54, 1.807) is 13.0 Å². The van der Waals surface area contributed by atoms with Crippen LogP contribution in [-0.2, 0) is 9.53 Å². The number of nitrogens with zero attached hydrogens (tertiary/aromatic N) is 3.